The summed E-state index contributed by atoms with van der Waals surface area (Å²) in [5.74, 6) is -5.81. The number of alkyl halides is 6. The lowest BCUT2D eigenvalue weighted by atomic mass is 10.2. The van der Waals surface area contributed by atoms with Crippen molar-refractivity contribution in [3.05, 3.63) is 35.7 Å². The number of oxazole rings is 1. The Morgan fingerprint density at radius 3 is 2.22 bits per heavy atom. The number of hydrogen-bond donors (Lipinski definition) is 1. The van der Waals surface area contributed by atoms with Crippen LogP contribution in [0.5, 0.6) is 5.75 Å². The third kappa shape index (κ3) is 3.73. The summed E-state index contributed by atoms with van der Waals surface area (Å²) < 4.78 is 82.9. The van der Waals surface area contributed by atoms with Crippen LogP contribution >= 0.6 is 0 Å². The molecule has 0 aliphatic carbocycles. The van der Waals surface area contributed by atoms with E-state index in [1.165, 1.54) is 6.07 Å². The van der Waals surface area contributed by atoms with Crippen molar-refractivity contribution in [2.45, 2.75) is 12.5 Å². The molecular weight excluding hydrogens is 336 g/mol. The van der Waals surface area contributed by atoms with Crippen LogP contribution in [0.15, 0.2) is 28.7 Å². The molecule has 124 valence electrons. The minimum Gasteiger partial charge on any atom is -0.476 e. The molecule has 0 saturated carbocycles. The molecule has 1 N–H and O–H groups in total. The summed E-state index contributed by atoms with van der Waals surface area (Å²) in [6.45, 7) is 0. The Kier molecular flexibility index (Phi) is 3.97. The van der Waals surface area contributed by atoms with Crippen LogP contribution in [-0.2, 0) is 6.18 Å². The first-order chi connectivity index (χ1) is 10.5. The first-order valence-electron chi connectivity index (χ1n) is 5.65. The summed E-state index contributed by atoms with van der Waals surface area (Å²) in [5.41, 5.74) is -2.04. The number of carbonyl (C=O) groups is 1. The highest BCUT2D eigenvalue weighted by atomic mass is 19.4. The molecule has 0 atom stereocenters. The maximum atomic E-state index is 12.7. The number of hydrogen-bond acceptors (Lipinski definition) is 4. The van der Waals surface area contributed by atoms with Gasteiger partial charge in [-0.3, -0.25) is 0 Å². The SMILES string of the molecule is O=C(O)c1nc(-c2ccccc2OC(F)(F)F)oc1C(F)(F)F. The van der Waals surface area contributed by atoms with E-state index < -0.39 is 47.2 Å². The summed E-state index contributed by atoms with van der Waals surface area (Å²) in [7, 11) is 0. The Morgan fingerprint density at radius 2 is 1.74 bits per heavy atom. The van der Waals surface area contributed by atoms with Gasteiger partial charge in [0.05, 0.1) is 5.56 Å². The predicted molar refractivity (Wildman–Crippen MR) is 60.6 cm³/mol. The predicted octanol–water partition coefficient (Wildman–Crippen LogP) is 3.96. The van der Waals surface area contributed by atoms with Crippen LogP contribution in [0.4, 0.5) is 26.3 Å². The van der Waals surface area contributed by atoms with Crippen molar-refractivity contribution >= 4 is 5.97 Å². The Morgan fingerprint density at radius 1 is 1.13 bits per heavy atom. The highest BCUT2D eigenvalue weighted by molar-refractivity contribution is 5.87. The zero-order chi connectivity index (χ0) is 17.4. The number of benzene rings is 1. The largest absolute Gasteiger partial charge is 0.573 e. The molecule has 0 bridgehead atoms. The molecule has 0 aliphatic heterocycles. The molecule has 1 heterocycles. The van der Waals surface area contributed by atoms with Crippen LogP contribution in [-0.4, -0.2) is 22.4 Å². The summed E-state index contributed by atoms with van der Waals surface area (Å²) in [4.78, 5) is 13.9. The van der Waals surface area contributed by atoms with Crippen molar-refractivity contribution in [2.75, 3.05) is 0 Å². The van der Waals surface area contributed by atoms with Gasteiger partial charge in [0.1, 0.15) is 5.75 Å². The van der Waals surface area contributed by atoms with Gasteiger partial charge in [-0.2, -0.15) is 13.2 Å². The molecule has 2 aromatic rings. The average Bonchev–Trinajstić information content (AvgIpc) is 2.82. The smallest absolute Gasteiger partial charge is 0.476 e. The van der Waals surface area contributed by atoms with E-state index in [0.717, 1.165) is 18.2 Å². The number of aromatic carboxylic acids is 1. The molecule has 11 heteroatoms. The van der Waals surface area contributed by atoms with E-state index in [1.807, 2.05) is 0 Å². The lowest BCUT2D eigenvalue weighted by Crippen LogP contribution is -2.17. The van der Waals surface area contributed by atoms with E-state index in [1.54, 1.807) is 0 Å². The highest BCUT2D eigenvalue weighted by Gasteiger charge is 2.42. The Bertz CT molecular complexity index is 734. The highest BCUT2D eigenvalue weighted by Crippen LogP contribution is 2.38. The molecule has 1 aromatic carbocycles. The quantitative estimate of drug-likeness (QED) is 0.856. The number of carboxylic acid groups (broad SMARTS) is 1. The minimum atomic E-state index is -5.18. The van der Waals surface area contributed by atoms with E-state index in [0.29, 0.717) is 0 Å². The zero-order valence-corrected chi connectivity index (χ0v) is 10.7. The monoisotopic (exact) mass is 341 g/mol. The molecule has 2 rings (SSSR count). The molecule has 0 unspecified atom stereocenters. The van der Waals surface area contributed by atoms with E-state index in [4.69, 9.17) is 5.11 Å². The van der Waals surface area contributed by atoms with Gasteiger partial charge < -0.3 is 14.3 Å². The summed E-state index contributed by atoms with van der Waals surface area (Å²) in [6, 6.07) is 4.09. The number of nitrogens with zero attached hydrogens (tertiary/aromatic N) is 1. The first-order valence-corrected chi connectivity index (χ1v) is 5.65. The normalized spacial score (nSPS) is 12.3. The molecule has 1 aromatic heterocycles. The molecule has 0 amide bonds. The minimum absolute atomic E-state index is 0.581. The van der Waals surface area contributed by atoms with E-state index in [2.05, 4.69) is 14.1 Å². The van der Waals surface area contributed by atoms with Gasteiger partial charge in [-0.25, -0.2) is 9.78 Å². The fraction of sp³-hybridized carbons (Fsp3) is 0.167. The first kappa shape index (κ1) is 16.6. The van der Waals surface area contributed by atoms with Crippen LogP contribution in [0.3, 0.4) is 0 Å². The van der Waals surface area contributed by atoms with Crippen molar-refractivity contribution < 1.29 is 45.4 Å². The van der Waals surface area contributed by atoms with Crippen molar-refractivity contribution in [3.8, 4) is 17.2 Å². The number of ether oxygens (including phenoxy) is 1. The lowest BCUT2D eigenvalue weighted by Gasteiger charge is -2.11. The second kappa shape index (κ2) is 5.48. The Balaban J connectivity index is 2.58. The van der Waals surface area contributed by atoms with Crippen LogP contribution in [0, 0.1) is 0 Å². The maximum absolute atomic E-state index is 12.7. The Labute approximate surface area is 123 Å². The van der Waals surface area contributed by atoms with Crippen molar-refractivity contribution in [1.82, 2.24) is 4.98 Å². The number of rotatable bonds is 3. The molecule has 0 fully saturated rings. The van der Waals surface area contributed by atoms with Crippen LogP contribution in [0.2, 0.25) is 0 Å². The van der Waals surface area contributed by atoms with Gasteiger partial charge >= 0.3 is 18.5 Å². The number of halogens is 6. The molecule has 23 heavy (non-hydrogen) atoms. The molecular formula is C12H5F6NO4. The molecule has 0 spiro atoms. The second-order valence-electron chi connectivity index (χ2n) is 4.04. The summed E-state index contributed by atoms with van der Waals surface area (Å²) >= 11 is 0. The fourth-order valence-electron chi connectivity index (χ4n) is 1.63. The number of carboxylic acids is 1. The van der Waals surface area contributed by atoms with Crippen molar-refractivity contribution in [3.63, 3.8) is 0 Å². The second-order valence-corrected chi connectivity index (χ2v) is 4.04. The molecule has 0 radical (unpaired) electrons. The zero-order valence-electron chi connectivity index (χ0n) is 10.7. The van der Waals surface area contributed by atoms with E-state index in [-0.39, 0.29) is 0 Å². The van der Waals surface area contributed by atoms with Gasteiger partial charge in [-0.15, -0.1) is 13.2 Å². The molecule has 0 aliphatic rings. The maximum Gasteiger partial charge on any atom is 0.573 e. The van der Waals surface area contributed by atoms with Gasteiger partial charge in [0, 0.05) is 0 Å². The van der Waals surface area contributed by atoms with Gasteiger partial charge in [0.15, 0.2) is 5.69 Å². The van der Waals surface area contributed by atoms with Crippen molar-refractivity contribution in [1.29, 1.82) is 0 Å². The summed E-state index contributed by atoms with van der Waals surface area (Å²) in [6.07, 6.45) is -10.3. The van der Waals surface area contributed by atoms with Gasteiger partial charge in [-0.05, 0) is 12.1 Å². The van der Waals surface area contributed by atoms with Crippen LogP contribution in [0.25, 0.3) is 11.5 Å². The lowest BCUT2D eigenvalue weighted by molar-refractivity contribution is -0.274. The number of para-hydroxylation sites is 1. The Hall–Kier alpha value is -2.72. The third-order valence-corrected chi connectivity index (χ3v) is 2.43. The molecule has 0 saturated heterocycles. The van der Waals surface area contributed by atoms with E-state index in [9.17, 15) is 31.1 Å². The standard InChI is InChI=1S/C12H5F6NO4/c13-11(14,15)8-7(10(20)21)19-9(22-8)5-3-1-2-4-6(5)23-12(16,17)18/h1-4H,(H,20,21). The average molecular weight is 341 g/mol. The fourth-order valence-corrected chi connectivity index (χ4v) is 1.63. The van der Waals surface area contributed by atoms with Gasteiger partial charge in [0.25, 0.3) is 0 Å². The summed E-state index contributed by atoms with van der Waals surface area (Å²) in [5, 5.41) is 8.71. The van der Waals surface area contributed by atoms with Crippen LogP contribution in [0.1, 0.15) is 16.2 Å². The topological polar surface area (TPSA) is 72.6 Å². The van der Waals surface area contributed by atoms with Crippen molar-refractivity contribution in [2.24, 2.45) is 0 Å². The van der Waals surface area contributed by atoms with E-state index >= 15 is 0 Å². The van der Waals surface area contributed by atoms with Gasteiger partial charge in [0.2, 0.25) is 11.7 Å². The molecule has 5 nitrogen and oxygen atoms in total. The van der Waals surface area contributed by atoms with Gasteiger partial charge in [-0.1, -0.05) is 12.1 Å². The van der Waals surface area contributed by atoms with Crippen LogP contribution < -0.4 is 4.74 Å². The number of aromatic nitrogens is 1. The third-order valence-electron chi connectivity index (χ3n) is 2.43.